The average Bonchev–Trinajstić information content (AvgIpc) is 3.03. The summed E-state index contributed by atoms with van der Waals surface area (Å²) in [7, 11) is 0. The first-order valence-corrected chi connectivity index (χ1v) is 8.71. The number of carbonyl (C=O) groups excluding carboxylic acids is 2. The quantitative estimate of drug-likeness (QED) is 0.795. The van der Waals surface area contributed by atoms with Crippen molar-refractivity contribution in [2.75, 3.05) is 0 Å². The van der Waals surface area contributed by atoms with Gasteiger partial charge in [0.1, 0.15) is 11.6 Å². The van der Waals surface area contributed by atoms with E-state index in [0.29, 0.717) is 23.3 Å². The van der Waals surface area contributed by atoms with E-state index in [-0.39, 0.29) is 24.5 Å². The molecule has 1 fully saturated rings. The van der Waals surface area contributed by atoms with Crippen LogP contribution < -0.4 is 5.32 Å². The van der Waals surface area contributed by atoms with E-state index in [1.807, 2.05) is 5.38 Å². The molecule has 1 aromatic carbocycles. The van der Waals surface area contributed by atoms with Gasteiger partial charge in [0, 0.05) is 24.5 Å². The highest BCUT2D eigenvalue weighted by Crippen LogP contribution is 2.42. The first kappa shape index (κ1) is 16.8. The largest absolute Gasteiger partial charge is 0.346 e. The molecule has 1 amide bonds. The zero-order chi connectivity index (χ0) is 17.2. The van der Waals surface area contributed by atoms with Crippen molar-refractivity contribution in [1.29, 1.82) is 0 Å². The zero-order valence-corrected chi connectivity index (χ0v) is 13.8. The van der Waals surface area contributed by atoms with Crippen LogP contribution in [0.15, 0.2) is 35.7 Å². The van der Waals surface area contributed by atoms with Gasteiger partial charge in [0.05, 0.1) is 10.4 Å². The Kier molecular flexibility index (Phi) is 4.76. The summed E-state index contributed by atoms with van der Waals surface area (Å²) in [6.45, 7) is 0. The molecule has 2 aromatic rings. The highest BCUT2D eigenvalue weighted by Gasteiger charge is 2.41. The molecular weight excluding hydrogens is 332 g/mol. The maximum Gasteiger partial charge on any atom is 0.221 e. The van der Waals surface area contributed by atoms with Crippen molar-refractivity contribution in [3.05, 3.63) is 57.8 Å². The van der Waals surface area contributed by atoms with Crippen LogP contribution in [0.3, 0.4) is 0 Å². The number of hydrogen-bond acceptors (Lipinski definition) is 3. The Bertz CT molecular complexity index is 754. The molecule has 3 rings (SSSR count). The van der Waals surface area contributed by atoms with Crippen molar-refractivity contribution in [2.24, 2.45) is 0 Å². The topological polar surface area (TPSA) is 46.2 Å². The molecule has 1 saturated carbocycles. The monoisotopic (exact) mass is 349 g/mol. The lowest BCUT2D eigenvalue weighted by atomic mass is 9.71. The summed E-state index contributed by atoms with van der Waals surface area (Å²) in [6, 6.07) is 6.94. The van der Waals surface area contributed by atoms with E-state index in [1.165, 1.54) is 23.5 Å². The van der Waals surface area contributed by atoms with E-state index in [2.05, 4.69) is 5.32 Å². The number of rotatable bonds is 6. The van der Waals surface area contributed by atoms with Gasteiger partial charge in [-0.15, -0.1) is 11.3 Å². The molecular formula is C18H17F2NO2S. The van der Waals surface area contributed by atoms with E-state index in [0.717, 1.165) is 12.5 Å². The van der Waals surface area contributed by atoms with Gasteiger partial charge >= 0.3 is 0 Å². The number of carbonyl (C=O) groups is 2. The number of Topliss-reactive ketones (excluding diaryl/α,β-unsaturated/α-hetero) is 1. The normalized spacial score (nSPS) is 15.6. The zero-order valence-electron chi connectivity index (χ0n) is 13.0. The van der Waals surface area contributed by atoms with Crippen LogP contribution in [0.25, 0.3) is 0 Å². The molecule has 6 heteroatoms. The fourth-order valence-electron chi connectivity index (χ4n) is 2.99. The van der Waals surface area contributed by atoms with Gasteiger partial charge in [0.25, 0.3) is 0 Å². The molecule has 0 atom stereocenters. The lowest BCUT2D eigenvalue weighted by molar-refractivity contribution is -0.124. The molecule has 0 spiro atoms. The first-order valence-electron chi connectivity index (χ1n) is 7.83. The fraction of sp³-hybridized carbons (Fsp3) is 0.333. The Labute approximate surface area is 142 Å². The second-order valence-corrected chi connectivity index (χ2v) is 6.96. The summed E-state index contributed by atoms with van der Waals surface area (Å²) >= 11 is 1.35. The highest BCUT2D eigenvalue weighted by molar-refractivity contribution is 7.12. The van der Waals surface area contributed by atoms with E-state index in [1.54, 1.807) is 12.1 Å². The number of thiophene rings is 1. The third kappa shape index (κ3) is 3.38. The minimum atomic E-state index is -0.777. The molecule has 1 aliphatic carbocycles. The number of nitrogens with one attached hydrogen (secondary N) is 1. The summed E-state index contributed by atoms with van der Waals surface area (Å²) in [5.74, 6) is -1.65. The maximum atomic E-state index is 14.1. The lowest BCUT2D eigenvalue weighted by Crippen LogP contribution is -2.51. The van der Waals surface area contributed by atoms with Gasteiger partial charge < -0.3 is 5.32 Å². The van der Waals surface area contributed by atoms with Crippen LogP contribution in [0.1, 0.15) is 47.3 Å². The Morgan fingerprint density at radius 2 is 1.96 bits per heavy atom. The predicted molar refractivity (Wildman–Crippen MR) is 87.9 cm³/mol. The molecule has 0 radical (unpaired) electrons. The smallest absolute Gasteiger partial charge is 0.221 e. The van der Waals surface area contributed by atoms with Crippen LogP contribution in [0.5, 0.6) is 0 Å². The van der Waals surface area contributed by atoms with Crippen molar-refractivity contribution < 1.29 is 18.4 Å². The van der Waals surface area contributed by atoms with Crippen LogP contribution >= 0.6 is 11.3 Å². The van der Waals surface area contributed by atoms with Crippen LogP contribution in [0.4, 0.5) is 8.78 Å². The molecule has 3 nitrogen and oxygen atoms in total. The molecule has 126 valence electrons. The van der Waals surface area contributed by atoms with Crippen molar-refractivity contribution in [3.8, 4) is 0 Å². The van der Waals surface area contributed by atoms with Crippen LogP contribution in [0.2, 0.25) is 0 Å². The fourth-order valence-corrected chi connectivity index (χ4v) is 3.68. The van der Waals surface area contributed by atoms with Gasteiger partial charge in [0.15, 0.2) is 5.78 Å². The third-order valence-electron chi connectivity index (χ3n) is 4.41. The highest BCUT2D eigenvalue weighted by atomic mass is 32.1. The van der Waals surface area contributed by atoms with Gasteiger partial charge in [-0.2, -0.15) is 0 Å². The maximum absolute atomic E-state index is 14.1. The molecule has 24 heavy (non-hydrogen) atoms. The standard InChI is InChI=1S/C18H17F2NO2S/c19-12-4-5-13(14(20)11-12)18(8-2-9-18)21-17(23)7-6-15(22)16-3-1-10-24-16/h1,3-5,10-11H,2,6-9H2,(H,21,23). The number of benzene rings is 1. The number of hydrogen-bond donors (Lipinski definition) is 1. The summed E-state index contributed by atoms with van der Waals surface area (Å²) < 4.78 is 27.2. The van der Waals surface area contributed by atoms with Gasteiger partial charge in [-0.3, -0.25) is 9.59 Å². The van der Waals surface area contributed by atoms with Crippen molar-refractivity contribution in [3.63, 3.8) is 0 Å². The van der Waals surface area contributed by atoms with Crippen LogP contribution in [-0.4, -0.2) is 11.7 Å². The summed E-state index contributed by atoms with van der Waals surface area (Å²) in [6.07, 6.45) is 2.27. The molecule has 0 unspecified atom stereocenters. The molecule has 0 bridgehead atoms. The summed E-state index contributed by atoms with van der Waals surface area (Å²) in [5, 5.41) is 4.67. The average molecular weight is 349 g/mol. The van der Waals surface area contributed by atoms with Crippen LogP contribution in [0, 0.1) is 11.6 Å². The summed E-state index contributed by atoms with van der Waals surface area (Å²) in [4.78, 5) is 24.8. The van der Waals surface area contributed by atoms with Crippen molar-refractivity contribution >= 4 is 23.0 Å². The van der Waals surface area contributed by atoms with Crippen molar-refractivity contribution in [2.45, 2.75) is 37.6 Å². The van der Waals surface area contributed by atoms with E-state index in [4.69, 9.17) is 0 Å². The second kappa shape index (κ2) is 6.81. The Morgan fingerprint density at radius 1 is 1.17 bits per heavy atom. The van der Waals surface area contributed by atoms with E-state index in [9.17, 15) is 18.4 Å². The lowest BCUT2D eigenvalue weighted by Gasteiger charge is -2.43. The number of amides is 1. The molecule has 0 saturated heterocycles. The van der Waals surface area contributed by atoms with Crippen LogP contribution in [-0.2, 0) is 10.3 Å². The molecule has 1 heterocycles. The first-order chi connectivity index (χ1) is 11.5. The SMILES string of the molecule is O=C(CCC(=O)c1cccs1)NC1(c2ccc(F)cc2F)CCC1. The molecule has 1 aliphatic rings. The van der Waals surface area contributed by atoms with Gasteiger partial charge in [0.2, 0.25) is 5.91 Å². The second-order valence-electron chi connectivity index (χ2n) is 6.01. The predicted octanol–water partition coefficient (Wildman–Crippen LogP) is 4.18. The van der Waals surface area contributed by atoms with Gasteiger partial charge in [-0.05, 0) is 36.8 Å². The number of ketones is 1. The van der Waals surface area contributed by atoms with E-state index >= 15 is 0 Å². The Hall–Kier alpha value is -2.08. The minimum Gasteiger partial charge on any atom is -0.346 e. The van der Waals surface area contributed by atoms with Gasteiger partial charge in [-0.25, -0.2) is 8.78 Å². The van der Waals surface area contributed by atoms with Crippen molar-refractivity contribution in [1.82, 2.24) is 5.32 Å². The Balaban J connectivity index is 1.64. The third-order valence-corrected chi connectivity index (χ3v) is 5.32. The van der Waals surface area contributed by atoms with E-state index < -0.39 is 17.2 Å². The summed E-state index contributed by atoms with van der Waals surface area (Å²) in [5.41, 5.74) is -0.464. The molecule has 1 N–H and O–H groups in total. The number of halogens is 2. The molecule has 1 aromatic heterocycles. The van der Waals surface area contributed by atoms with Gasteiger partial charge in [-0.1, -0.05) is 12.1 Å². The minimum absolute atomic E-state index is 0.0568. The Morgan fingerprint density at radius 3 is 2.54 bits per heavy atom. The molecule has 0 aliphatic heterocycles.